The highest BCUT2D eigenvalue weighted by atomic mass is 32.1. The number of carbonyl (C=O) groups is 1. The van der Waals surface area contributed by atoms with E-state index in [4.69, 9.17) is 9.72 Å². The number of hydrogen-bond donors (Lipinski definition) is 1. The van der Waals surface area contributed by atoms with Gasteiger partial charge in [-0.15, -0.1) is 11.3 Å². The highest BCUT2D eigenvalue weighted by Gasteiger charge is 2.33. The van der Waals surface area contributed by atoms with Crippen molar-refractivity contribution >= 4 is 17.2 Å². The van der Waals surface area contributed by atoms with E-state index in [1.165, 1.54) is 45.2 Å². The predicted molar refractivity (Wildman–Crippen MR) is 132 cm³/mol. The number of hydrogen-bond acceptors (Lipinski definition) is 7. The fourth-order valence-corrected chi connectivity index (χ4v) is 6.12. The van der Waals surface area contributed by atoms with Gasteiger partial charge in [-0.05, 0) is 68.6 Å². The highest BCUT2D eigenvalue weighted by molar-refractivity contribution is 7.13. The molecule has 3 aromatic rings. The summed E-state index contributed by atoms with van der Waals surface area (Å²) in [6.07, 6.45) is 9.62. The van der Waals surface area contributed by atoms with Crippen LogP contribution in [0, 0.1) is 12.8 Å². The van der Waals surface area contributed by atoms with Gasteiger partial charge in [0.15, 0.2) is 0 Å². The molecule has 0 aromatic carbocycles. The molecule has 2 aliphatic rings. The van der Waals surface area contributed by atoms with Gasteiger partial charge in [0, 0.05) is 25.9 Å². The summed E-state index contributed by atoms with van der Waals surface area (Å²) in [4.78, 5) is 26.2. The maximum Gasteiger partial charge on any atom is 0.254 e. The molecule has 0 bridgehead atoms. The minimum Gasteiger partial charge on any atom is -0.378 e. The summed E-state index contributed by atoms with van der Waals surface area (Å²) in [5, 5.41) is 9.71. The van der Waals surface area contributed by atoms with E-state index in [1.807, 2.05) is 24.4 Å². The third-order valence-electron chi connectivity index (χ3n) is 7.05. The number of amides is 1. The molecule has 3 aromatic heterocycles. The molecule has 0 saturated carbocycles. The number of nitrogens with one attached hydrogen (secondary N) is 1. The maximum atomic E-state index is 13.2. The van der Waals surface area contributed by atoms with Gasteiger partial charge in [-0.3, -0.25) is 4.79 Å². The van der Waals surface area contributed by atoms with E-state index >= 15 is 0 Å². The topological polar surface area (TPSA) is 85.2 Å². The summed E-state index contributed by atoms with van der Waals surface area (Å²) in [5.74, 6) is 0.828. The lowest BCUT2D eigenvalue weighted by Gasteiger charge is -2.44. The Hall–Kier alpha value is -2.62. The number of carbonyl (C=O) groups excluding carboxylic acids is 1. The Morgan fingerprint density at radius 3 is 2.94 bits per heavy atom. The summed E-state index contributed by atoms with van der Waals surface area (Å²) >= 11 is 1.63. The van der Waals surface area contributed by atoms with E-state index in [0.29, 0.717) is 35.7 Å². The first-order valence-electron chi connectivity index (χ1n) is 12.1. The predicted octanol–water partition coefficient (Wildman–Crippen LogP) is 3.84. The van der Waals surface area contributed by atoms with E-state index in [1.54, 1.807) is 35.5 Å². The molecule has 8 nitrogen and oxygen atoms in total. The third kappa shape index (κ3) is 4.64. The van der Waals surface area contributed by atoms with Gasteiger partial charge in [0.1, 0.15) is 0 Å². The summed E-state index contributed by atoms with van der Waals surface area (Å²) in [7, 11) is 1.62. The van der Waals surface area contributed by atoms with Crippen molar-refractivity contribution in [2.45, 2.75) is 51.7 Å². The van der Waals surface area contributed by atoms with Crippen LogP contribution in [0.2, 0.25) is 0 Å². The van der Waals surface area contributed by atoms with Crippen molar-refractivity contribution < 1.29 is 9.53 Å². The second-order valence-corrected chi connectivity index (χ2v) is 10.2. The molecule has 2 aliphatic heterocycles. The molecule has 1 amide bonds. The van der Waals surface area contributed by atoms with Crippen LogP contribution in [0.15, 0.2) is 29.9 Å². The van der Waals surface area contributed by atoms with Crippen molar-refractivity contribution in [1.29, 1.82) is 0 Å². The lowest BCUT2D eigenvalue weighted by atomic mass is 9.83. The lowest BCUT2D eigenvalue weighted by molar-refractivity contribution is 0.0575. The molecule has 0 unspecified atom stereocenters. The van der Waals surface area contributed by atoms with Gasteiger partial charge in [0.2, 0.25) is 0 Å². The SMILES string of the molecule is COCc1c(C(=O)NC[C@@H]2CCCN3CCCC[C@H]23)cnn1-c1ncc(C)c(-c2cccs2)n1. The number of ether oxygens (including phenoxy) is 1. The summed E-state index contributed by atoms with van der Waals surface area (Å²) in [6, 6.07) is 4.65. The van der Waals surface area contributed by atoms with E-state index in [0.717, 1.165) is 16.1 Å². The van der Waals surface area contributed by atoms with Crippen molar-refractivity contribution in [3.63, 3.8) is 0 Å². The molecule has 0 aliphatic carbocycles. The van der Waals surface area contributed by atoms with Crippen molar-refractivity contribution in [1.82, 2.24) is 30.0 Å². The molecular formula is C25H32N6O2S. The number of aromatic nitrogens is 4. The Labute approximate surface area is 204 Å². The molecule has 180 valence electrons. The monoisotopic (exact) mass is 480 g/mol. The van der Waals surface area contributed by atoms with Gasteiger partial charge < -0.3 is 15.0 Å². The Kier molecular flexibility index (Phi) is 7.03. The minimum absolute atomic E-state index is 0.114. The van der Waals surface area contributed by atoms with Crippen LogP contribution in [0.4, 0.5) is 0 Å². The Balaban J connectivity index is 1.36. The molecule has 5 heterocycles. The minimum atomic E-state index is -0.114. The van der Waals surface area contributed by atoms with Crippen LogP contribution in [0.25, 0.3) is 16.5 Å². The van der Waals surface area contributed by atoms with Crippen molar-refractivity contribution in [3.8, 4) is 16.5 Å². The number of fused-ring (bicyclic) bond motifs is 1. The van der Waals surface area contributed by atoms with Gasteiger partial charge >= 0.3 is 0 Å². The number of rotatable bonds is 7. The van der Waals surface area contributed by atoms with Gasteiger partial charge in [-0.2, -0.15) is 9.78 Å². The van der Waals surface area contributed by atoms with E-state index in [9.17, 15) is 4.79 Å². The lowest BCUT2D eigenvalue weighted by Crippen LogP contribution is -2.51. The molecule has 0 radical (unpaired) electrons. The van der Waals surface area contributed by atoms with Gasteiger partial charge in [0.05, 0.1) is 34.6 Å². The van der Waals surface area contributed by atoms with Crippen LogP contribution in [0.5, 0.6) is 0 Å². The molecule has 1 N–H and O–H groups in total. The molecule has 5 rings (SSSR count). The average Bonchev–Trinajstić information content (AvgIpc) is 3.54. The Morgan fingerprint density at radius 2 is 2.12 bits per heavy atom. The van der Waals surface area contributed by atoms with Crippen LogP contribution in [0.3, 0.4) is 0 Å². The largest absolute Gasteiger partial charge is 0.378 e. The molecule has 9 heteroatoms. The molecule has 2 saturated heterocycles. The summed E-state index contributed by atoms with van der Waals surface area (Å²) in [5.41, 5.74) is 3.04. The van der Waals surface area contributed by atoms with Crippen LogP contribution in [-0.2, 0) is 11.3 Å². The van der Waals surface area contributed by atoms with Crippen molar-refractivity contribution in [3.05, 3.63) is 46.7 Å². The van der Waals surface area contributed by atoms with Gasteiger partial charge in [-0.1, -0.05) is 12.5 Å². The first-order valence-corrected chi connectivity index (χ1v) is 13.0. The van der Waals surface area contributed by atoms with Gasteiger partial charge in [0.25, 0.3) is 11.9 Å². The summed E-state index contributed by atoms with van der Waals surface area (Å²) < 4.78 is 7.05. The number of nitrogens with zero attached hydrogens (tertiary/aromatic N) is 5. The molecule has 0 spiro atoms. The zero-order valence-electron chi connectivity index (χ0n) is 19.9. The van der Waals surface area contributed by atoms with E-state index in [-0.39, 0.29) is 12.5 Å². The fraction of sp³-hybridized carbons (Fsp3) is 0.520. The van der Waals surface area contributed by atoms with E-state index < -0.39 is 0 Å². The molecular weight excluding hydrogens is 448 g/mol. The number of aryl methyl sites for hydroxylation is 1. The molecule has 34 heavy (non-hydrogen) atoms. The highest BCUT2D eigenvalue weighted by Crippen LogP contribution is 2.31. The third-order valence-corrected chi connectivity index (χ3v) is 7.93. The second-order valence-electron chi connectivity index (χ2n) is 9.24. The van der Waals surface area contributed by atoms with Crippen molar-refractivity contribution in [2.75, 3.05) is 26.7 Å². The maximum absolute atomic E-state index is 13.2. The van der Waals surface area contributed by atoms with Crippen molar-refractivity contribution in [2.24, 2.45) is 5.92 Å². The normalized spacial score (nSPS) is 20.8. The smallest absolute Gasteiger partial charge is 0.254 e. The first kappa shape index (κ1) is 23.1. The van der Waals surface area contributed by atoms with E-state index in [2.05, 4.69) is 20.3 Å². The quantitative estimate of drug-likeness (QED) is 0.553. The zero-order chi connectivity index (χ0) is 23.5. The fourth-order valence-electron chi connectivity index (χ4n) is 5.34. The standard InChI is InChI=1S/C25H32N6O2S/c1-17-13-27-25(29-23(17)22-9-6-12-34-22)31-21(16-33-2)19(15-28-31)24(32)26-14-18-7-5-11-30-10-4-3-8-20(18)30/h6,9,12-13,15,18,20H,3-5,7-8,10-11,14,16H2,1-2H3,(H,26,32)/t18-,20+/m0/s1. The zero-order valence-corrected chi connectivity index (χ0v) is 20.7. The second kappa shape index (κ2) is 10.3. The Morgan fingerprint density at radius 1 is 1.24 bits per heavy atom. The van der Waals surface area contributed by atoms with Crippen LogP contribution in [-0.4, -0.2) is 63.3 Å². The Bertz CT molecular complexity index is 1130. The molecule has 2 atom stereocenters. The first-order chi connectivity index (χ1) is 16.7. The molecule has 2 fully saturated rings. The van der Waals surface area contributed by atoms with Crippen LogP contribution >= 0.6 is 11.3 Å². The van der Waals surface area contributed by atoms with Crippen LogP contribution < -0.4 is 5.32 Å². The van der Waals surface area contributed by atoms with Gasteiger partial charge in [-0.25, -0.2) is 9.97 Å². The van der Waals surface area contributed by atoms with Crippen LogP contribution in [0.1, 0.15) is 53.7 Å². The number of piperidine rings is 2. The summed E-state index contributed by atoms with van der Waals surface area (Å²) in [6.45, 7) is 5.33. The number of methoxy groups -OCH3 is 1. The average molecular weight is 481 g/mol. The number of thiophene rings is 1.